The molecule has 2 aromatic rings. The molecule has 4 rings (SSSR count). The van der Waals surface area contributed by atoms with E-state index in [1.165, 1.54) is 0 Å². The molecule has 0 unspecified atom stereocenters. The van der Waals surface area contributed by atoms with Crippen molar-refractivity contribution in [2.75, 3.05) is 26.3 Å². The van der Waals surface area contributed by atoms with Crippen LogP contribution in [0, 0.1) is 0 Å². The normalized spacial score (nSPS) is 22.0. The predicted octanol–water partition coefficient (Wildman–Crippen LogP) is 2.76. The first-order valence-corrected chi connectivity index (χ1v) is 9.81. The standard InChI is InChI=1S/C18H21NO4S/c20-24(21,17-8-3-6-15-5-1-2-7-16(15)17)19-11-9-18(10-12-19)22-13-4-14-23-18/h1-3,5-8H,4,9-14H2. The Morgan fingerprint density at radius 1 is 0.917 bits per heavy atom. The summed E-state index contributed by atoms with van der Waals surface area (Å²) in [6, 6.07) is 13.0. The monoisotopic (exact) mass is 347 g/mol. The second kappa shape index (κ2) is 6.11. The molecule has 24 heavy (non-hydrogen) atoms. The first-order chi connectivity index (χ1) is 11.6. The van der Waals surface area contributed by atoms with Crippen LogP contribution in [0.15, 0.2) is 47.4 Å². The van der Waals surface area contributed by atoms with Crippen LogP contribution in [0.25, 0.3) is 10.8 Å². The van der Waals surface area contributed by atoms with Crippen molar-refractivity contribution in [2.24, 2.45) is 0 Å². The third kappa shape index (κ3) is 2.73. The summed E-state index contributed by atoms with van der Waals surface area (Å²) in [5, 5.41) is 1.71. The van der Waals surface area contributed by atoms with Crippen LogP contribution in [-0.2, 0) is 19.5 Å². The molecule has 0 aliphatic carbocycles. The molecule has 2 aliphatic rings. The number of hydrogen-bond acceptors (Lipinski definition) is 4. The van der Waals surface area contributed by atoms with Gasteiger partial charge in [0.15, 0.2) is 5.79 Å². The second-order valence-electron chi connectivity index (χ2n) is 6.34. The van der Waals surface area contributed by atoms with Gasteiger partial charge in [0, 0.05) is 31.3 Å². The predicted molar refractivity (Wildman–Crippen MR) is 91.2 cm³/mol. The van der Waals surface area contributed by atoms with E-state index in [1.54, 1.807) is 16.4 Å². The van der Waals surface area contributed by atoms with Crippen LogP contribution >= 0.6 is 0 Å². The van der Waals surface area contributed by atoms with E-state index in [-0.39, 0.29) is 0 Å². The molecule has 0 amide bonds. The maximum Gasteiger partial charge on any atom is 0.243 e. The number of rotatable bonds is 2. The van der Waals surface area contributed by atoms with E-state index in [4.69, 9.17) is 9.47 Å². The van der Waals surface area contributed by atoms with Gasteiger partial charge in [0.05, 0.1) is 18.1 Å². The zero-order chi connectivity index (χ0) is 16.6. The Kier molecular flexibility index (Phi) is 4.08. The fourth-order valence-corrected chi connectivity index (χ4v) is 5.19. The Bertz CT molecular complexity index is 828. The molecular formula is C18H21NO4S. The highest BCUT2D eigenvalue weighted by molar-refractivity contribution is 7.89. The minimum atomic E-state index is -3.52. The lowest BCUT2D eigenvalue weighted by Crippen LogP contribution is -2.51. The fraction of sp³-hybridized carbons (Fsp3) is 0.444. The number of fused-ring (bicyclic) bond motifs is 1. The molecule has 0 bridgehead atoms. The summed E-state index contributed by atoms with van der Waals surface area (Å²) in [7, 11) is -3.52. The van der Waals surface area contributed by atoms with Crippen LogP contribution < -0.4 is 0 Å². The molecule has 0 atom stereocenters. The van der Waals surface area contributed by atoms with Gasteiger partial charge in [-0.15, -0.1) is 0 Å². The van der Waals surface area contributed by atoms with Crippen LogP contribution in [0.4, 0.5) is 0 Å². The molecule has 1 spiro atoms. The van der Waals surface area contributed by atoms with Crippen LogP contribution in [0.2, 0.25) is 0 Å². The number of nitrogens with zero attached hydrogens (tertiary/aromatic N) is 1. The van der Waals surface area contributed by atoms with Crippen LogP contribution in [0.1, 0.15) is 19.3 Å². The molecule has 0 aromatic heterocycles. The van der Waals surface area contributed by atoms with E-state index in [0.29, 0.717) is 44.0 Å². The maximum absolute atomic E-state index is 13.1. The summed E-state index contributed by atoms with van der Waals surface area (Å²) in [5.74, 6) is -0.580. The minimum Gasteiger partial charge on any atom is -0.350 e. The third-order valence-corrected chi connectivity index (χ3v) is 6.83. The third-order valence-electron chi connectivity index (χ3n) is 4.87. The van der Waals surface area contributed by atoms with Crippen molar-refractivity contribution in [3.8, 4) is 0 Å². The number of ether oxygens (including phenoxy) is 2. The fourth-order valence-electron chi connectivity index (χ4n) is 3.53. The lowest BCUT2D eigenvalue weighted by Gasteiger charge is -2.42. The Labute approximate surface area is 142 Å². The summed E-state index contributed by atoms with van der Waals surface area (Å²) >= 11 is 0. The molecule has 0 radical (unpaired) electrons. The van der Waals surface area contributed by atoms with Crippen molar-refractivity contribution in [2.45, 2.75) is 29.9 Å². The van der Waals surface area contributed by atoms with Crippen molar-refractivity contribution >= 4 is 20.8 Å². The average Bonchev–Trinajstić information content (AvgIpc) is 2.62. The van der Waals surface area contributed by atoms with E-state index in [0.717, 1.165) is 17.2 Å². The van der Waals surface area contributed by atoms with Crippen LogP contribution in [0.5, 0.6) is 0 Å². The van der Waals surface area contributed by atoms with Crippen molar-refractivity contribution in [3.05, 3.63) is 42.5 Å². The second-order valence-corrected chi connectivity index (χ2v) is 8.25. The average molecular weight is 347 g/mol. The van der Waals surface area contributed by atoms with Crippen molar-refractivity contribution in [3.63, 3.8) is 0 Å². The van der Waals surface area contributed by atoms with E-state index in [9.17, 15) is 8.42 Å². The number of benzene rings is 2. The van der Waals surface area contributed by atoms with Gasteiger partial charge < -0.3 is 9.47 Å². The lowest BCUT2D eigenvalue weighted by molar-refractivity contribution is -0.280. The molecule has 0 saturated carbocycles. The first kappa shape index (κ1) is 16.0. The number of hydrogen-bond donors (Lipinski definition) is 0. The largest absolute Gasteiger partial charge is 0.350 e. The summed E-state index contributed by atoms with van der Waals surface area (Å²) < 4.78 is 39.4. The number of piperidine rings is 1. The molecule has 5 nitrogen and oxygen atoms in total. The SMILES string of the molecule is O=S(=O)(c1cccc2ccccc12)N1CCC2(CC1)OCCCO2. The van der Waals surface area contributed by atoms with Crippen molar-refractivity contribution in [1.29, 1.82) is 0 Å². The maximum atomic E-state index is 13.1. The van der Waals surface area contributed by atoms with Gasteiger partial charge in [-0.25, -0.2) is 8.42 Å². The molecule has 6 heteroatoms. The highest BCUT2D eigenvalue weighted by Gasteiger charge is 2.41. The molecule has 2 fully saturated rings. The van der Waals surface area contributed by atoms with Gasteiger partial charge in [-0.05, 0) is 17.9 Å². The van der Waals surface area contributed by atoms with Crippen LogP contribution in [0.3, 0.4) is 0 Å². The van der Waals surface area contributed by atoms with E-state index in [2.05, 4.69) is 0 Å². The Morgan fingerprint density at radius 3 is 2.33 bits per heavy atom. The highest BCUT2D eigenvalue weighted by atomic mass is 32.2. The topological polar surface area (TPSA) is 55.8 Å². The number of sulfonamides is 1. The molecular weight excluding hydrogens is 326 g/mol. The Hall–Kier alpha value is -1.47. The summed E-state index contributed by atoms with van der Waals surface area (Å²) in [4.78, 5) is 0.377. The first-order valence-electron chi connectivity index (χ1n) is 8.37. The van der Waals surface area contributed by atoms with E-state index >= 15 is 0 Å². The van der Waals surface area contributed by atoms with Gasteiger partial charge in [0.2, 0.25) is 10.0 Å². The molecule has 2 aliphatic heterocycles. The molecule has 0 N–H and O–H groups in total. The van der Waals surface area contributed by atoms with Crippen molar-refractivity contribution in [1.82, 2.24) is 4.31 Å². The molecule has 2 aromatic carbocycles. The van der Waals surface area contributed by atoms with Crippen molar-refractivity contribution < 1.29 is 17.9 Å². The molecule has 2 heterocycles. The van der Waals surface area contributed by atoms with Gasteiger partial charge in [-0.1, -0.05) is 36.4 Å². The Balaban J connectivity index is 1.61. The zero-order valence-corrected chi connectivity index (χ0v) is 14.3. The zero-order valence-electron chi connectivity index (χ0n) is 13.5. The summed E-state index contributed by atoms with van der Waals surface area (Å²) in [5.41, 5.74) is 0. The smallest absolute Gasteiger partial charge is 0.243 e. The summed E-state index contributed by atoms with van der Waals surface area (Å²) in [6.07, 6.45) is 2.06. The van der Waals surface area contributed by atoms with Gasteiger partial charge in [0.25, 0.3) is 0 Å². The van der Waals surface area contributed by atoms with Gasteiger partial charge in [-0.3, -0.25) is 0 Å². The van der Waals surface area contributed by atoms with Gasteiger partial charge >= 0.3 is 0 Å². The van der Waals surface area contributed by atoms with Gasteiger partial charge in [-0.2, -0.15) is 4.31 Å². The van der Waals surface area contributed by atoms with Crippen LogP contribution in [-0.4, -0.2) is 44.8 Å². The van der Waals surface area contributed by atoms with E-state index in [1.807, 2.05) is 30.3 Å². The van der Waals surface area contributed by atoms with E-state index < -0.39 is 15.8 Å². The molecule has 128 valence electrons. The summed E-state index contributed by atoms with van der Waals surface area (Å²) in [6.45, 7) is 2.23. The molecule has 2 saturated heterocycles. The quantitative estimate of drug-likeness (QED) is 0.838. The minimum absolute atomic E-state index is 0.377. The highest BCUT2D eigenvalue weighted by Crippen LogP contribution is 2.34. The van der Waals surface area contributed by atoms with Gasteiger partial charge in [0.1, 0.15) is 0 Å². The lowest BCUT2D eigenvalue weighted by atomic mass is 10.0. The Morgan fingerprint density at radius 2 is 1.58 bits per heavy atom.